The summed E-state index contributed by atoms with van der Waals surface area (Å²) in [5.41, 5.74) is 1.05. The zero-order valence-corrected chi connectivity index (χ0v) is 11.0. The number of aromatic nitrogens is 2. The molecule has 1 aliphatic heterocycles. The van der Waals surface area contributed by atoms with Gasteiger partial charge in [0.05, 0.1) is 6.20 Å². The van der Waals surface area contributed by atoms with Crippen LogP contribution in [0.25, 0.3) is 0 Å². The Morgan fingerprint density at radius 2 is 2.58 bits per heavy atom. The van der Waals surface area contributed by atoms with Gasteiger partial charge < -0.3 is 9.84 Å². The average molecular weight is 265 g/mol. The van der Waals surface area contributed by atoms with E-state index in [1.54, 1.807) is 10.9 Å². The first-order chi connectivity index (χ1) is 9.10. The van der Waals surface area contributed by atoms with Gasteiger partial charge in [-0.25, -0.2) is 0 Å². The molecule has 19 heavy (non-hydrogen) atoms. The van der Waals surface area contributed by atoms with Gasteiger partial charge >= 0.3 is 5.97 Å². The van der Waals surface area contributed by atoms with Gasteiger partial charge in [0.1, 0.15) is 18.9 Å². The van der Waals surface area contributed by atoms with Crippen molar-refractivity contribution in [1.82, 2.24) is 15.1 Å². The lowest BCUT2D eigenvalue weighted by Crippen LogP contribution is -2.40. The van der Waals surface area contributed by atoms with Gasteiger partial charge in [-0.2, -0.15) is 5.10 Å². The van der Waals surface area contributed by atoms with Gasteiger partial charge in [-0.15, -0.1) is 0 Å². The van der Waals surface area contributed by atoms with Crippen LogP contribution >= 0.6 is 0 Å². The van der Waals surface area contributed by atoms with Crippen molar-refractivity contribution < 1.29 is 14.6 Å². The molecule has 6 nitrogen and oxygen atoms in total. The molecule has 6 heteroatoms. The lowest BCUT2D eigenvalue weighted by atomic mass is 9.94. The molecule has 0 bridgehead atoms. The molecule has 1 aromatic heterocycles. The highest BCUT2D eigenvalue weighted by atomic mass is 16.5. The van der Waals surface area contributed by atoms with Crippen molar-refractivity contribution in [1.29, 1.82) is 0 Å². The molecule has 0 spiro atoms. The number of hydrogen-bond acceptors (Lipinski definition) is 5. The van der Waals surface area contributed by atoms with E-state index in [2.05, 4.69) is 17.0 Å². The van der Waals surface area contributed by atoms with E-state index in [0.29, 0.717) is 12.8 Å². The van der Waals surface area contributed by atoms with E-state index in [4.69, 9.17) is 4.74 Å². The Labute approximate surface area is 112 Å². The second-order valence-corrected chi connectivity index (χ2v) is 4.80. The molecule has 2 N–H and O–H groups in total. The van der Waals surface area contributed by atoms with Crippen molar-refractivity contribution in [2.24, 2.45) is 13.0 Å². The van der Waals surface area contributed by atoms with Crippen LogP contribution in [0.15, 0.2) is 25.0 Å². The third-order valence-electron chi connectivity index (χ3n) is 3.22. The van der Waals surface area contributed by atoms with Gasteiger partial charge in [-0.1, -0.05) is 12.7 Å². The van der Waals surface area contributed by atoms with Crippen molar-refractivity contribution in [2.45, 2.75) is 25.1 Å². The van der Waals surface area contributed by atoms with Crippen LogP contribution in [0.1, 0.15) is 12.0 Å². The lowest BCUT2D eigenvalue weighted by Gasteiger charge is -2.16. The largest absolute Gasteiger partial charge is 0.460 e. The van der Waals surface area contributed by atoms with E-state index < -0.39 is 12.3 Å². The fourth-order valence-electron chi connectivity index (χ4n) is 2.41. The minimum Gasteiger partial charge on any atom is -0.460 e. The van der Waals surface area contributed by atoms with Gasteiger partial charge in [-0.05, 0) is 24.3 Å². The molecule has 0 amide bonds. The van der Waals surface area contributed by atoms with Crippen LogP contribution in [0.3, 0.4) is 0 Å². The van der Waals surface area contributed by atoms with Crippen LogP contribution in [-0.2, 0) is 23.0 Å². The number of aliphatic hydroxyl groups excluding tert-OH is 1. The first kappa shape index (κ1) is 13.8. The van der Waals surface area contributed by atoms with E-state index >= 15 is 0 Å². The number of ether oxygens (including phenoxy) is 1. The highest BCUT2D eigenvalue weighted by molar-refractivity contribution is 5.76. The number of aliphatic hydroxyl groups is 1. The molecule has 0 saturated carbocycles. The zero-order chi connectivity index (χ0) is 13.8. The maximum atomic E-state index is 11.9. The molecule has 1 aromatic rings. The Kier molecular flexibility index (Phi) is 4.34. The quantitative estimate of drug-likeness (QED) is 0.578. The maximum Gasteiger partial charge on any atom is 0.323 e. The molecule has 0 radical (unpaired) electrons. The molecule has 3 unspecified atom stereocenters. The molecular weight excluding hydrogens is 246 g/mol. The lowest BCUT2D eigenvalue weighted by molar-refractivity contribution is -0.145. The second kappa shape index (κ2) is 5.99. The summed E-state index contributed by atoms with van der Waals surface area (Å²) < 4.78 is 6.77. The van der Waals surface area contributed by atoms with Crippen molar-refractivity contribution in [3.8, 4) is 0 Å². The summed E-state index contributed by atoms with van der Waals surface area (Å²) in [4.78, 5) is 11.9. The Bertz CT molecular complexity index is 458. The first-order valence-electron chi connectivity index (χ1n) is 6.29. The van der Waals surface area contributed by atoms with Crippen molar-refractivity contribution in [2.75, 3.05) is 6.61 Å². The van der Waals surface area contributed by atoms with Crippen LogP contribution in [0.2, 0.25) is 0 Å². The topological polar surface area (TPSA) is 76.4 Å². The first-order valence-corrected chi connectivity index (χ1v) is 6.29. The molecule has 1 aliphatic rings. The van der Waals surface area contributed by atoms with Crippen LogP contribution in [0.5, 0.6) is 0 Å². The summed E-state index contributed by atoms with van der Waals surface area (Å²) in [6.45, 7) is 3.69. The Morgan fingerprint density at radius 3 is 3.21 bits per heavy atom. The number of esters is 1. The summed E-state index contributed by atoms with van der Waals surface area (Å²) in [7, 11) is 1.85. The number of nitrogens with zero attached hydrogens (tertiary/aromatic N) is 2. The predicted octanol–water partition coefficient (Wildman–Crippen LogP) is -0.0117. The van der Waals surface area contributed by atoms with Crippen molar-refractivity contribution in [3.05, 3.63) is 30.6 Å². The SMILES string of the molecule is C=CCOC(=O)C1NC(O)CC1Cc1cnn(C)c1. The monoisotopic (exact) mass is 265 g/mol. The summed E-state index contributed by atoms with van der Waals surface area (Å²) in [5, 5.41) is 16.6. The Morgan fingerprint density at radius 1 is 1.79 bits per heavy atom. The van der Waals surface area contributed by atoms with E-state index in [-0.39, 0.29) is 18.5 Å². The van der Waals surface area contributed by atoms with Gasteiger partial charge in [-0.3, -0.25) is 14.8 Å². The van der Waals surface area contributed by atoms with Crippen LogP contribution in [0, 0.1) is 5.92 Å². The number of aryl methyl sites for hydroxylation is 1. The summed E-state index contributed by atoms with van der Waals surface area (Å²) >= 11 is 0. The summed E-state index contributed by atoms with van der Waals surface area (Å²) in [6, 6.07) is -0.477. The van der Waals surface area contributed by atoms with E-state index in [1.807, 2.05) is 13.2 Å². The number of carbonyl (C=O) groups excluding carboxylic acids is 1. The fraction of sp³-hybridized carbons (Fsp3) is 0.538. The van der Waals surface area contributed by atoms with Crippen LogP contribution in [0.4, 0.5) is 0 Å². The third-order valence-corrected chi connectivity index (χ3v) is 3.22. The predicted molar refractivity (Wildman–Crippen MR) is 69.1 cm³/mol. The summed E-state index contributed by atoms with van der Waals surface area (Å²) in [5.74, 6) is -0.332. The maximum absolute atomic E-state index is 11.9. The molecule has 1 saturated heterocycles. The molecule has 2 heterocycles. The molecular formula is C13H19N3O3. The molecule has 0 aliphatic carbocycles. The highest BCUT2D eigenvalue weighted by Gasteiger charge is 2.38. The van der Waals surface area contributed by atoms with E-state index in [9.17, 15) is 9.90 Å². The molecule has 1 fully saturated rings. The van der Waals surface area contributed by atoms with Crippen LogP contribution < -0.4 is 5.32 Å². The van der Waals surface area contributed by atoms with Gasteiger partial charge in [0.15, 0.2) is 0 Å². The molecule has 0 aromatic carbocycles. The van der Waals surface area contributed by atoms with Crippen LogP contribution in [-0.4, -0.2) is 39.7 Å². The van der Waals surface area contributed by atoms with E-state index in [0.717, 1.165) is 5.56 Å². The minimum atomic E-state index is -0.664. The number of hydrogen-bond donors (Lipinski definition) is 2. The van der Waals surface area contributed by atoms with Crippen molar-refractivity contribution >= 4 is 5.97 Å². The number of rotatable bonds is 5. The molecule has 104 valence electrons. The zero-order valence-electron chi connectivity index (χ0n) is 11.0. The standard InChI is InChI=1S/C13H19N3O3/c1-3-4-19-13(18)12-10(6-11(17)15-12)5-9-7-14-16(2)8-9/h3,7-8,10-12,15,17H,1,4-6H2,2H3. The smallest absolute Gasteiger partial charge is 0.323 e. The fourth-order valence-corrected chi connectivity index (χ4v) is 2.41. The Balaban J connectivity index is 2.00. The molecule has 2 rings (SSSR count). The number of nitrogens with one attached hydrogen (secondary N) is 1. The van der Waals surface area contributed by atoms with Gasteiger partial charge in [0.2, 0.25) is 0 Å². The summed E-state index contributed by atoms with van der Waals surface area (Å²) in [6.07, 6.45) is 5.77. The number of carbonyl (C=O) groups is 1. The minimum absolute atomic E-state index is 0.0107. The van der Waals surface area contributed by atoms with Gasteiger partial charge in [0, 0.05) is 13.2 Å². The van der Waals surface area contributed by atoms with E-state index in [1.165, 1.54) is 6.08 Å². The van der Waals surface area contributed by atoms with Gasteiger partial charge in [0.25, 0.3) is 0 Å². The normalized spacial score (nSPS) is 26.3. The molecule has 3 atom stereocenters. The average Bonchev–Trinajstić information content (AvgIpc) is 2.93. The Hall–Kier alpha value is -1.66. The third kappa shape index (κ3) is 3.42. The highest BCUT2D eigenvalue weighted by Crippen LogP contribution is 2.24. The van der Waals surface area contributed by atoms with Crippen molar-refractivity contribution in [3.63, 3.8) is 0 Å². The second-order valence-electron chi connectivity index (χ2n) is 4.80.